The molecule has 40 heavy (non-hydrogen) atoms. The molecular formula is C27H18ClF3N2O6S. The van der Waals surface area contributed by atoms with Crippen molar-refractivity contribution in [1.82, 2.24) is 0 Å². The average Bonchev–Trinajstić information content (AvgIpc) is 2.89. The van der Waals surface area contributed by atoms with Gasteiger partial charge in [-0.15, -0.1) is 0 Å². The number of carbonyl (C=O) groups is 1. The van der Waals surface area contributed by atoms with Crippen LogP contribution in [0.3, 0.4) is 0 Å². The summed E-state index contributed by atoms with van der Waals surface area (Å²) in [5.74, 6) is -1.57. The van der Waals surface area contributed by atoms with Crippen molar-refractivity contribution in [2.45, 2.75) is 22.9 Å². The molecule has 0 aliphatic carbocycles. The Balaban J connectivity index is 1.85. The summed E-state index contributed by atoms with van der Waals surface area (Å²) in [6, 6.07) is 16.1. The molecule has 4 rings (SSSR count). The summed E-state index contributed by atoms with van der Waals surface area (Å²) >= 11 is 5.98. The van der Waals surface area contributed by atoms with Crippen molar-refractivity contribution < 1.29 is 36.0 Å². The van der Waals surface area contributed by atoms with Gasteiger partial charge in [-0.1, -0.05) is 35.9 Å². The van der Waals surface area contributed by atoms with Crippen molar-refractivity contribution >= 4 is 33.0 Å². The van der Waals surface area contributed by atoms with Crippen LogP contribution in [0.2, 0.25) is 5.02 Å². The number of carbonyl (C=O) groups excluding carboxylic acids is 1. The Morgan fingerprint density at radius 1 is 0.950 bits per heavy atom. The number of primary amides is 1. The first-order valence-corrected chi connectivity index (χ1v) is 13.1. The summed E-state index contributed by atoms with van der Waals surface area (Å²) in [7, 11) is -3.90. The van der Waals surface area contributed by atoms with Gasteiger partial charge in [0, 0.05) is 6.07 Å². The first-order valence-electron chi connectivity index (χ1n) is 11.3. The number of aryl methyl sites for hydroxylation is 1. The predicted octanol–water partition coefficient (Wildman–Crippen LogP) is 6.97. The molecule has 0 spiro atoms. The summed E-state index contributed by atoms with van der Waals surface area (Å²) in [5.41, 5.74) is 3.54. The largest absolute Gasteiger partial charge is 0.456 e. The molecule has 0 aliphatic rings. The van der Waals surface area contributed by atoms with E-state index in [1.54, 1.807) is 18.2 Å². The van der Waals surface area contributed by atoms with Crippen LogP contribution < -0.4 is 10.5 Å². The molecule has 4 aromatic carbocycles. The number of nitrogens with zero attached hydrogens (tertiary/aromatic N) is 1. The molecule has 8 nitrogen and oxygen atoms in total. The highest BCUT2D eigenvalue weighted by Crippen LogP contribution is 2.42. The molecule has 206 valence electrons. The van der Waals surface area contributed by atoms with Crippen LogP contribution in [0.15, 0.2) is 88.7 Å². The third-order valence-corrected chi connectivity index (χ3v) is 7.93. The van der Waals surface area contributed by atoms with E-state index < -0.39 is 48.7 Å². The molecule has 0 saturated heterocycles. The Hall–Kier alpha value is -4.42. The van der Waals surface area contributed by atoms with Crippen LogP contribution in [0.1, 0.15) is 21.5 Å². The minimum atomic E-state index is -4.65. The summed E-state index contributed by atoms with van der Waals surface area (Å²) in [4.78, 5) is 23.4. The number of alkyl halides is 3. The zero-order valence-electron chi connectivity index (χ0n) is 20.4. The molecule has 2 N–H and O–H groups in total. The number of halogens is 4. The average molecular weight is 591 g/mol. The molecule has 0 aromatic heterocycles. The van der Waals surface area contributed by atoms with Crippen molar-refractivity contribution in [2.75, 3.05) is 0 Å². The van der Waals surface area contributed by atoms with Gasteiger partial charge in [0.25, 0.3) is 11.6 Å². The molecule has 0 atom stereocenters. The second-order valence-electron chi connectivity index (χ2n) is 8.53. The Morgan fingerprint density at radius 2 is 1.62 bits per heavy atom. The number of nitro benzene ring substituents is 1. The zero-order valence-corrected chi connectivity index (χ0v) is 22.0. The highest BCUT2D eigenvalue weighted by Gasteiger charge is 2.32. The first-order chi connectivity index (χ1) is 18.7. The fourth-order valence-corrected chi connectivity index (χ4v) is 5.57. The van der Waals surface area contributed by atoms with E-state index in [2.05, 4.69) is 0 Å². The van der Waals surface area contributed by atoms with E-state index in [1.165, 1.54) is 43.3 Å². The topological polar surface area (TPSA) is 130 Å². The first kappa shape index (κ1) is 28.6. The molecular weight excluding hydrogens is 573 g/mol. The van der Waals surface area contributed by atoms with E-state index in [0.29, 0.717) is 11.6 Å². The number of amides is 1. The van der Waals surface area contributed by atoms with Crippen LogP contribution in [0, 0.1) is 17.0 Å². The van der Waals surface area contributed by atoms with Gasteiger partial charge in [-0.3, -0.25) is 14.9 Å². The number of rotatable bonds is 7. The zero-order chi connectivity index (χ0) is 29.4. The maximum Gasteiger partial charge on any atom is 0.416 e. The number of hydrogen-bond acceptors (Lipinski definition) is 6. The fraction of sp³-hybridized carbons (Fsp3) is 0.0741. The van der Waals surface area contributed by atoms with Crippen molar-refractivity contribution in [2.24, 2.45) is 5.73 Å². The van der Waals surface area contributed by atoms with Gasteiger partial charge in [0.1, 0.15) is 17.1 Å². The van der Waals surface area contributed by atoms with E-state index in [9.17, 15) is 36.5 Å². The molecule has 0 bridgehead atoms. The molecule has 0 fully saturated rings. The highest BCUT2D eigenvalue weighted by atomic mass is 35.5. The lowest BCUT2D eigenvalue weighted by Gasteiger charge is -2.15. The number of nitro groups is 1. The van der Waals surface area contributed by atoms with Gasteiger partial charge < -0.3 is 10.5 Å². The van der Waals surface area contributed by atoms with Crippen molar-refractivity contribution in [3.8, 4) is 22.6 Å². The molecule has 1 amide bonds. The quantitative estimate of drug-likeness (QED) is 0.183. The number of benzene rings is 4. The lowest BCUT2D eigenvalue weighted by Crippen LogP contribution is -2.14. The maximum atomic E-state index is 13.1. The number of ether oxygens (including phenoxy) is 1. The number of hydrogen-bond donors (Lipinski definition) is 1. The molecule has 0 radical (unpaired) electrons. The second-order valence-corrected chi connectivity index (χ2v) is 10.9. The Kier molecular flexibility index (Phi) is 7.59. The molecule has 13 heteroatoms. The SMILES string of the molecule is Cc1cc(S(=O)(=O)c2ccccc2)ccc1-c1cc(Oc2ccc(C(F)(F)F)cc2Cl)cc(C(N)=O)c1[N+](=O)[O-]. The Morgan fingerprint density at radius 3 is 2.17 bits per heavy atom. The van der Waals surface area contributed by atoms with Crippen LogP contribution in [-0.2, 0) is 16.0 Å². The maximum absolute atomic E-state index is 13.1. The number of nitrogens with two attached hydrogens (primary N) is 1. The monoisotopic (exact) mass is 590 g/mol. The third-order valence-electron chi connectivity index (χ3n) is 5.87. The molecule has 0 unspecified atom stereocenters. The summed E-state index contributed by atoms with van der Waals surface area (Å²) in [6.07, 6.45) is -4.65. The minimum Gasteiger partial charge on any atom is -0.456 e. The standard InChI is InChI=1S/C27H18ClF3N2O6S/c1-15-11-19(40(37,38)18-5-3-2-4-6-18)8-9-20(15)21-13-17(14-22(26(32)34)25(21)33(35)36)39-24-10-7-16(12-23(24)28)27(29,30)31/h2-14H,1H3,(H2,32,34). The van der Waals surface area contributed by atoms with Gasteiger partial charge in [-0.05, 0) is 66.6 Å². The van der Waals surface area contributed by atoms with E-state index >= 15 is 0 Å². The van der Waals surface area contributed by atoms with Crippen molar-refractivity contribution in [3.05, 3.63) is 111 Å². The second kappa shape index (κ2) is 10.6. The van der Waals surface area contributed by atoms with Crippen LogP contribution in [-0.4, -0.2) is 19.2 Å². The van der Waals surface area contributed by atoms with Crippen molar-refractivity contribution in [3.63, 3.8) is 0 Å². The Bertz CT molecular complexity index is 1760. The van der Waals surface area contributed by atoms with Gasteiger partial charge in [0.2, 0.25) is 9.84 Å². The molecule has 0 saturated carbocycles. The smallest absolute Gasteiger partial charge is 0.416 e. The Labute approximate surface area is 230 Å². The normalized spacial score (nSPS) is 11.7. The summed E-state index contributed by atoms with van der Waals surface area (Å²) < 4.78 is 70.8. The molecule has 4 aromatic rings. The highest BCUT2D eigenvalue weighted by molar-refractivity contribution is 7.91. The van der Waals surface area contributed by atoms with Gasteiger partial charge in [0.05, 0.1) is 30.9 Å². The lowest BCUT2D eigenvalue weighted by atomic mass is 9.96. The number of sulfone groups is 1. The lowest BCUT2D eigenvalue weighted by molar-refractivity contribution is -0.384. The van der Waals surface area contributed by atoms with Gasteiger partial charge in [0.15, 0.2) is 0 Å². The van der Waals surface area contributed by atoms with Crippen LogP contribution in [0.4, 0.5) is 18.9 Å². The van der Waals surface area contributed by atoms with E-state index in [-0.39, 0.29) is 32.4 Å². The third kappa shape index (κ3) is 5.63. The minimum absolute atomic E-state index is 0.0490. The summed E-state index contributed by atoms with van der Waals surface area (Å²) in [5, 5.41) is 11.6. The van der Waals surface area contributed by atoms with Crippen LogP contribution >= 0.6 is 11.6 Å². The van der Waals surface area contributed by atoms with Crippen LogP contribution in [0.25, 0.3) is 11.1 Å². The van der Waals surface area contributed by atoms with Gasteiger partial charge >= 0.3 is 6.18 Å². The van der Waals surface area contributed by atoms with E-state index in [1.807, 2.05) is 0 Å². The molecule has 0 aliphatic heterocycles. The molecule has 0 heterocycles. The summed E-state index contributed by atoms with van der Waals surface area (Å²) in [6.45, 7) is 1.52. The van der Waals surface area contributed by atoms with Crippen LogP contribution in [0.5, 0.6) is 11.5 Å². The van der Waals surface area contributed by atoms with Crippen molar-refractivity contribution in [1.29, 1.82) is 0 Å². The van der Waals surface area contributed by atoms with E-state index in [0.717, 1.165) is 18.2 Å². The van der Waals surface area contributed by atoms with Gasteiger partial charge in [-0.25, -0.2) is 8.42 Å². The predicted molar refractivity (Wildman–Crippen MR) is 140 cm³/mol. The van der Waals surface area contributed by atoms with Gasteiger partial charge in [-0.2, -0.15) is 13.2 Å². The fourth-order valence-electron chi connectivity index (χ4n) is 3.98. The van der Waals surface area contributed by atoms with E-state index in [4.69, 9.17) is 22.1 Å².